The Labute approximate surface area is 132 Å². The lowest BCUT2D eigenvalue weighted by molar-refractivity contribution is -0.137. The van der Waals surface area contributed by atoms with Crippen LogP contribution in [0.5, 0.6) is 0 Å². The van der Waals surface area contributed by atoms with E-state index >= 15 is 0 Å². The summed E-state index contributed by atoms with van der Waals surface area (Å²) in [5, 5.41) is 4.18. The van der Waals surface area contributed by atoms with Crippen molar-refractivity contribution < 1.29 is 13.2 Å². The van der Waals surface area contributed by atoms with Gasteiger partial charge in [0.1, 0.15) is 12.7 Å². The van der Waals surface area contributed by atoms with Crippen LogP contribution in [0.25, 0.3) is 0 Å². The summed E-state index contributed by atoms with van der Waals surface area (Å²) in [5.74, 6) is 0. The number of alkyl halides is 3. The van der Waals surface area contributed by atoms with E-state index in [1.54, 1.807) is 18.5 Å². The molecule has 0 N–H and O–H groups in total. The zero-order valence-electron chi connectivity index (χ0n) is 12.9. The Bertz CT molecular complexity index is 614. The van der Waals surface area contributed by atoms with E-state index in [9.17, 15) is 13.2 Å². The van der Waals surface area contributed by atoms with Crippen LogP contribution in [0.3, 0.4) is 0 Å². The van der Waals surface area contributed by atoms with E-state index in [0.717, 1.165) is 43.6 Å². The van der Waals surface area contributed by atoms with Crippen LogP contribution in [0.1, 0.15) is 43.0 Å². The lowest BCUT2D eigenvalue weighted by Gasteiger charge is -2.36. The highest BCUT2D eigenvalue weighted by Crippen LogP contribution is 2.32. The molecule has 4 nitrogen and oxygen atoms in total. The summed E-state index contributed by atoms with van der Waals surface area (Å²) < 4.78 is 39.8. The highest BCUT2D eigenvalue weighted by Gasteiger charge is 2.30. The number of nitrogens with zero attached hydrogens (tertiary/aromatic N) is 4. The van der Waals surface area contributed by atoms with E-state index in [1.165, 1.54) is 6.33 Å². The molecule has 1 unspecified atom stereocenters. The molecule has 1 aliphatic rings. The van der Waals surface area contributed by atoms with Crippen LogP contribution in [0.15, 0.2) is 36.9 Å². The predicted octanol–water partition coefficient (Wildman–Crippen LogP) is 3.70. The first kappa shape index (κ1) is 16.0. The molecule has 0 amide bonds. The number of hydrogen-bond acceptors (Lipinski definition) is 3. The van der Waals surface area contributed by atoms with Gasteiger partial charge in [0.05, 0.1) is 11.6 Å². The van der Waals surface area contributed by atoms with E-state index < -0.39 is 11.7 Å². The Morgan fingerprint density at radius 2 is 1.78 bits per heavy atom. The van der Waals surface area contributed by atoms with E-state index in [1.807, 2.05) is 11.6 Å². The minimum Gasteiger partial charge on any atom is -0.296 e. The fourth-order valence-corrected chi connectivity index (χ4v) is 3.11. The monoisotopic (exact) mass is 324 g/mol. The van der Waals surface area contributed by atoms with Gasteiger partial charge in [0.25, 0.3) is 0 Å². The molecule has 2 heterocycles. The number of likely N-dealkylation sites (tertiary alicyclic amines) is 1. The molecule has 1 saturated heterocycles. The summed E-state index contributed by atoms with van der Waals surface area (Å²) >= 11 is 0. The summed E-state index contributed by atoms with van der Waals surface area (Å²) in [6.07, 6.45) is 0.928. The van der Waals surface area contributed by atoms with Crippen molar-refractivity contribution in [2.24, 2.45) is 0 Å². The van der Waals surface area contributed by atoms with Crippen molar-refractivity contribution in [3.05, 3.63) is 48.0 Å². The first-order valence-corrected chi connectivity index (χ1v) is 7.70. The molecule has 7 heteroatoms. The number of aromatic nitrogens is 3. The normalized spacial score (nSPS) is 19.0. The van der Waals surface area contributed by atoms with Gasteiger partial charge in [-0.25, -0.2) is 9.67 Å². The standard InChI is InChI=1S/C16H19F3N4/c1-12(13-2-4-14(5-3-13)16(17,18)19)22-8-6-15(7-9-22)23-11-20-10-21-23/h2-5,10-12,15H,6-9H2,1H3. The van der Waals surface area contributed by atoms with Gasteiger partial charge in [-0.3, -0.25) is 4.90 Å². The van der Waals surface area contributed by atoms with Crippen molar-refractivity contribution in [1.82, 2.24) is 19.7 Å². The van der Waals surface area contributed by atoms with Gasteiger partial charge in [0.2, 0.25) is 0 Å². The van der Waals surface area contributed by atoms with Crippen LogP contribution in [0, 0.1) is 0 Å². The largest absolute Gasteiger partial charge is 0.416 e. The molecule has 1 atom stereocenters. The molecule has 124 valence electrons. The number of piperidine rings is 1. The van der Waals surface area contributed by atoms with Crippen LogP contribution in [-0.2, 0) is 6.18 Å². The van der Waals surface area contributed by atoms with Crippen molar-refractivity contribution >= 4 is 0 Å². The highest BCUT2D eigenvalue weighted by atomic mass is 19.4. The second-order valence-electron chi connectivity index (χ2n) is 5.94. The maximum Gasteiger partial charge on any atom is 0.416 e. The van der Waals surface area contributed by atoms with E-state index in [0.29, 0.717) is 6.04 Å². The molecule has 1 fully saturated rings. The first-order chi connectivity index (χ1) is 10.9. The Morgan fingerprint density at radius 3 is 2.30 bits per heavy atom. The van der Waals surface area contributed by atoms with Crippen molar-refractivity contribution in [2.45, 2.75) is 38.0 Å². The number of hydrogen-bond donors (Lipinski definition) is 0. The Morgan fingerprint density at radius 1 is 1.13 bits per heavy atom. The highest BCUT2D eigenvalue weighted by molar-refractivity contribution is 5.26. The van der Waals surface area contributed by atoms with Crippen LogP contribution < -0.4 is 0 Å². The Kier molecular flexibility index (Phi) is 4.39. The third-order valence-corrected chi connectivity index (χ3v) is 4.58. The summed E-state index contributed by atoms with van der Waals surface area (Å²) in [6, 6.07) is 5.94. The van der Waals surface area contributed by atoms with Gasteiger partial charge in [-0.2, -0.15) is 18.3 Å². The van der Waals surface area contributed by atoms with Gasteiger partial charge in [0, 0.05) is 19.1 Å². The predicted molar refractivity (Wildman–Crippen MR) is 79.7 cm³/mol. The van der Waals surface area contributed by atoms with Crippen molar-refractivity contribution in [1.29, 1.82) is 0 Å². The molecule has 2 aromatic rings. The Balaban J connectivity index is 1.62. The number of halogens is 3. The SMILES string of the molecule is CC(c1ccc(C(F)(F)F)cc1)N1CCC(n2cncn2)CC1. The Hall–Kier alpha value is -1.89. The van der Waals surface area contributed by atoms with Gasteiger partial charge in [-0.05, 0) is 37.5 Å². The molecule has 1 aromatic carbocycles. The average Bonchev–Trinajstić information content (AvgIpc) is 3.08. The number of rotatable bonds is 3. The van der Waals surface area contributed by atoms with Gasteiger partial charge in [-0.15, -0.1) is 0 Å². The average molecular weight is 324 g/mol. The molecule has 1 aliphatic heterocycles. The third-order valence-electron chi connectivity index (χ3n) is 4.58. The molecular formula is C16H19F3N4. The zero-order chi connectivity index (χ0) is 16.4. The van der Waals surface area contributed by atoms with Crippen molar-refractivity contribution in [2.75, 3.05) is 13.1 Å². The molecule has 0 spiro atoms. The minimum atomic E-state index is -4.28. The second kappa shape index (κ2) is 6.31. The van der Waals surface area contributed by atoms with Crippen LogP contribution in [-0.4, -0.2) is 32.8 Å². The smallest absolute Gasteiger partial charge is 0.296 e. The summed E-state index contributed by atoms with van der Waals surface area (Å²) in [5.41, 5.74) is 0.315. The van der Waals surface area contributed by atoms with Crippen molar-refractivity contribution in [3.8, 4) is 0 Å². The fraction of sp³-hybridized carbons (Fsp3) is 0.500. The topological polar surface area (TPSA) is 34.0 Å². The van der Waals surface area contributed by atoms with E-state index in [-0.39, 0.29) is 6.04 Å². The van der Waals surface area contributed by atoms with Crippen LogP contribution in [0.4, 0.5) is 13.2 Å². The molecule has 0 bridgehead atoms. The van der Waals surface area contributed by atoms with Crippen LogP contribution >= 0.6 is 0 Å². The lowest BCUT2D eigenvalue weighted by atomic mass is 9.99. The summed E-state index contributed by atoms with van der Waals surface area (Å²) in [7, 11) is 0. The third kappa shape index (κ3) is 3.55. The maximum absolute atomic E-state index is 12.6. The lowest BCUT2D eigenvalue weighted by Crippen LogP contribution is -2.36. The minimum absolute atomic E-state index is 0.106. The summed E-state index contributed by atoms with van der Waals surface area (Å²) in [4.78, 5) is 6.28. The van der Waals surface area contributed by atoms with Gasteiger partial charge >= 0.3 is 6.18 Å². The molecule has 0 saturated carbocycles. The van der Waals surface area contributed by atoms with Crippen LogP contribution in [0.2, 0.25) is 0 Å². The molecule has 1 aromatic heterocycles. The van der Waals surface area contributed by atoms with Crippen molar-refractivity contribution in [3.63, 3.8) is 0 Å². The molecule has 3 rings (SSSR count). The fourth-order valence-electron chi connectivity index (χ4n) is 3.11. The molecule has 23 heavy (non-hydrogen) atoms. The van der Waals surface area contributed by atoms with Gasteiger partial charge in [-0.1, -0.05) is 12.1 Å². The molecule has 0 radical (unpaired) electrons. The second-order valence-corrected chi connectivity index (χ2v) is 5.94. The molecular weight excluding hydrogens is 305 g/mol. The quantitative estimate of drug-likeness (QED) is 0.863. The first-order valence-electron chi connectivity index (χ1n) is 7.70. The van der Waals surface area contributed by atoms with Gasteiger partial charge in [0.15, 0.2) is 0 Å². The van der Waals surface area contributed by atoms with Gasteiger partial charge < -0.3 is 0 Å². The van der Waals surface area contributed by atoms with E-state index in [2.05, 4.69) is 15.0 Å². The molecule has 0 aliphatic carbocycles. The van der Waals surface area contributed by atoms with E-state index in [4.69, 9.17) is 0 Å². The zero-order valence-corrected chi connectivity index (χ0v) is 12.9. The number of benzene rings is 1. The summed E-state index contributed by atoms with van der Waals surface area (Å²) in [6.45, 7) is 3.83. The maximum atomic E-state index is 12.6.